The molecule has 4 aromatic carbocycles. The van der Waals surface area contributed by atoms with Crippen molar-refractivity contribution < 1.29 is 19.0 Å². The molecule has 6 rings (SSSR count). The minimum Gasteiger partial charge on any atom is -0.508 e. The molecule has 0 amide bonds. The van der Waals surface area contributed by atoms with Gasteiger partial charge in [0.25, 0.3) is 0 Å². The average Bonchev–Trinajstić information content (AvgIpc) is 3.04. The molecular weight excluding hydrogens is 562 g/mol. The molecule has 0 aliphatic rings. The highest BCUT2D eigenvalue weighted by atomic mass is 19.1. The molecule has 8 N–H and O–H groups in total. The molecular formula is C34H26F2N6O2. The molecule has 10 heteroatoms. The lowest BCUT2D eigenvalue weighted by atomic mass is 10.1. The van der Waals surface area contributed by atoms with E-state index in [0.29, 0.717) is 45.2 Å². The topological polar surface area (TPSA) is 142 Å². The summed E-state index contributed by atoms with van der Waals surface area (Å²) in [6.07, 6.45) is 2.66. The highest BCUT2D eigenvalue weighted by molar-refractivity contribution is 5.96. The van der Waals surface area contributed by atoms with Gasteiger partial charge in [-0.05, 0) is 60.7 Å². The molecule has 0 spiro atoms. The third-order valence-corrected chi connectivity index (χ3v) is 7.05. The standard InChI is InChI=1S/C34H26F2N6O2/c35-25-11-9-19(43)13-23(25)31-15-29(21-5-1-3-7-27(21)39-31)41-33(17-37)34(18-38)42-30-16-32(24-14-20(44)10-12-26(24)36)40-28-8-4-2-6-22(28)30/h1-18,43-44H,37-38H2,(H,39,41)(H,40,42)/b33-17+,34-18+. The Bertz CT molecular complexity index is 1960. The zero-order valence-electron chi connectivity index (χ0n) is 23.1. The Hall–Kier alpha value is -6.16. The Balaban J connectivity index is 1.41. The molecule has 0 radical (unpaired) electrons. The number of nitrogens with one attached hydrogen (secondary N) is 2. The maximum Gasteiger partial charge on any atom is 0.132 e. The number of rotatable bonds is 7. The van der Waals surface area contributed by atoms with Crippen LogP contribution in [-0.2, 0) is 0 Å². The van der Waals surface area contributed by atoms with E-state index in [1.165, 1.54) is 48.8 Å². The third-order valence-electron chi connectivity index (χ3n) is 7.05. The second-order valence-corrected chi connectivity index (χ2v) is 9.88. The lowest BCUT2D eigenvalue weighted by molar-refractivity contribution is 0.473. The molecule has 0 saturated carbocycles. The van der Waals surface area contributed by atoms with Gasteiger partial charge in [-0.1, -0.05) is 36.4 Å². The number of aromatic nitrogens is 2. The number of phenolic OH excluding ortho intramolecular Hbond substituents is 2. The predicted molar refractivity (Wildman–Crippen MR) is 169 cm³/mol. The van der Waals surface area contributed by atoms with Crippen LogP contribution < -0.4 is 22.1 Å². The third kappa shape index (κ3) is 5.39. The van der Waals surface area contributed by atoms with E-state index in [9.17, 15) is 19.0 Å². The van der Waals surface area contributed by atoms with Crippen molar-refractivity contribution in [3.63, 3.8) is 0 Å². The minimum absolute atomic E-state index is 0.0968. The smallest absolute Gasteiger partial charge is 0.132 e. The summed E-state index contributed by atoms with van der Waals surface area (Å²) in [7, 11) is 0. The van der Waals surface area contributed by atoms with E-state index < -0.39 is 11.6 Å². The van der Waals surface area contributed by atoms with Gasteiger partial charge in [0, 0.05) is 34.3 Å². The number of nitrogens with zero attached hydrogens (tertiary/aromatic N) is 2. The molecule has 0 fully saturated rings. The van der Waals surface area contributed by atoms with Gasteiger partial charge in [0.05, 0.1) is 45.2 Å². The number of anilines is 2. The number of aromatic hydroxyl groups is 2. The zero-order valence-corrected chi connectivity index (χ0v) is 23.1. The maximum absolute atomic E-state index is 14.8. The van der Waals surface area contributed by atoms with Crippen LogP contribution in [-0.4, -0.2) is 20.2 Å². The van der Waals surface area contributed by atoms with Gasteiger partial charge in [0.2, 0.25) is 0 Å². The van der Waals surface area contributed by atoms with Crippen LogP contribution in [0.25, 0.3) is 44.3 Å². The average molecular weight is 589 g/mol. The van der Waals surface area contributed by atoms with E-state index in [2.05, 4.69) is 20.6 Å². The summed E-state index contributed by atoms with van der Waals surface area (Å²) in [5.41, 5.74) is 16.0. The van der Waals surface area contributed by atoms with Crippen LogP contribution in [0.4, 0.5) is 20.2 Å². The van der Waals surface area contributed by atoms with Crippen LogP contribution in [0, 0.1) is 11.6 Å². The van der Waals surface area contributed by atoms with E-state index in [1.807, 2.05) is 36.4 Å². The summed E-state index contributed by atoms with van der Waals surface area (Å²) in [4.78, 5) is 9.22. The first-order chi connectivity index (χ1) is 21.3. The fourth-order valence-electron chi connectivity index (χ4n) is 4.94. The monoisotopic (exact) mass is 588 g/mol. The molecule has 2 heterocycles. The number of benzene rings is 4. The lowest BCUT2D eigenvalue weighted by Gasteiger charge is -2.19. The predicted octanol–water partition coefficient (Wildman–Crippen LogP) is 6.93. The summed E-state index contributed by atoms with van der Waals surface area (Å²) in [6, 6.07) is 25.4. The highest BCUT2D eigenvalue weighted by Crippen LogP contribution is 2.35. The van der Waals surface area contributed by atoms with Crippen LogP contribution in [0.15, 0.2) is 121 Å². The Labute approximate surface area is 250 Å². The number of halogens is 2. The number of phenols is 2. The molecule has 0 aliphatic heterocycles. The van der Waals surface area contributed by atoms with Gasteiger partial charge in [0.15, 0.2) is 0 Å². The van der Waals surface area contributed by atoms with E-state index in [4.69, 9.17) is 11.5 Å². The quantitative estimate of drug-likeness (QED) is 0.110. The molecule has 0 saturated heterocycles. The maximum atomic E-state index is 14.8. The summed E-state index contributed by atoms with van der Waals surface area (Å²) in [5, 5.41) is 28.0. The van der Waals surface area contributed by atoms with Crippen molar-refractivity contribution in [1.29, 1.82) is 0 Å². The van der Waals surface area contributed by atoms with E-state index in [-0.39, 0.29) is 22.6 Å². The Morgan fingerprint density at radius 1 is 0.591 bits per heavy atom. The van der Waals surface area contributed by atoms with Gasteiger partial charge in [-0.25, -0.2) is 18.7 Å². The number of nitrogens with two attached hydrogens (primary N) is 2. The second kappa shape index (κ2) is 11.6. The van der Waals surface area contributed by atoms with E-state index in [1.54, 1.807) is 24.3 Å². The molecule has 8 nitrogen and oxygen atoms in total. The number of hydrogen-bond acceptors (Lipinski definition) is 8. The van der Waals surface area contributed by atoms with Crippen LogP contribution in [0.5, 0.6) is 11.5 Å². The largest absolute Gasteiger partial charge is 0.508 e. The number of hydrogen-bond donors (Lipinski definition) is 6. The van der Waals surface area contributed by atoms with Gasteiger partial charge in [-0.3, -0.25) is 0 Å². The molecule has 6 aromatic rings. The first-order valence-electron chi connectivity index (χ1n) is 13.5. The van der Waals surface area contributed by atoms with E-state index >= 15 is 0 Å². The molecule has 0 bridgehead atoms. The lowest BCUT2D eigenvalue weighted by Crippen LogP contribution is -2.14. The van der Waals surface area contributed by atoms with Crippen molar-refractivity contribution in [3.8, 4) is 34.0 Å². The van der Waals surface area contributed by atoms with Crippen LogP contribution in [0.3, 0.4) is 0 Å². The number of para-hydroxylation sites is 2. The fraction of sp³-hybridized carbons (Fsp3) is 0. The summed E-state index contributed by atoms with van der Waals surface area (Å²) < 4.78 is 29.6. The molecule has 0 atom stereocenters. The summed E-state index contributed by atoms with van der Waals surface area (Å²) in [5.74, 6) is -1.28. The minimum atomic E-state index is -0.543. The van der Waals surface area contributed by atoms with Gasteiger partial charge >= 0.3 is 0 Å². The SMILES string of the molecule is N/C=C(Nc1cc(-c2cc(O)ccc2F)nc2ccccc12)\C(=C/N)Nc1cc(-c2cc(O)ccc2F)nc2ccccc12. The first-order valence-corrected chi connectivity index (χ1v) is 13.5. The fourth-order valence-corrected chi connectivity index (χ4v) is 4.94. The first kappa shape index (κ1) is 28.0. The Morgan fingerprint density at radius 2 is 1.00 bits per heavy atom. The van der Waals surface area contributed by atoms with Gasteiger partial charge in [0.1, 0.15) is 23.1 Å². The van der Waals surface area contributed by atoms with Crippen LogP contribution in [0.1, 0.15) is 0 Å². The van der Waals surface area contributed by atoms with Gasteiger partial charge in [-0.2, -0.15) is 0 Å². The Kier molecular flexibility index (Phi) is 7.38. The highest BCUT2D eigenvalue weighted by Gasteiger charge is 2.17. The number of pyridine rings is 2. The van der Waals surface area contributed by atoms with Crippen molar-refractivity contribution in [3.05, 3.63) is 132 Å². The van der Waals surface area contributed by atoms with Crippen molar-refractivity contribution in [2.45, 2.75) is 0 Å². The van der Waals surface area contributed by atoms with Crippen molar-refractivity contribution in [2.24, 2.45) is 11.5 Å². The summed E-state index contributed by atoms with van der Waals surface area (Å²) >= 11 is 0. The van der Waals surface area contributed by atoms with Gasteiger partial charge < -0.3 is 32.3 Å². The van der Waals surface area contributed by atoms with Crippen molar-refractivity contribution in [1.82, 2.24) is 9.97 Å². The Morgan fingerprint density at radius 3 is 1.41 bits per heavy atom. The number of fused-ring (bicyclic) bond motifs is 2. The van der Waals surface area contributed by atoms with E-state index in [0.717, 1.165) is 10.8 Å². The second-order valence-electron chi connectivity index (χ2n) is 9.88. The van der Waals surface area contributed by atoms with Crippen molar-refractivity contribution >= 4 is 33.2 Å². The molecule has 0 aliphatic carbocycles. The molecule has 2 aromatic heterocycles. The molecule has 218 valence electrons. The van der Waals surface area contributed by atoms with Crippen LogP contribution in [0.2, 0.25) is 0 Å². The van der Waals surface area contributed by atoms with Crippen molar-refractivity contribution in [2.75, 3.05) is 10.6 Å². The molecule has 0 unspecified atom stereocenters. The van der Waals surface area contributed by atoms with Crippen LogP contribution >= 0.6 is 0 Å². The molecule has 44 heavy (non-hydrogen) atoms. The normalized spacial score (nSPS) is 12.0. The zero-order chi connectivity index (χ0) is 30.8. The van der Waals surface area contributed by atoms with Gasteiger partial charge in [-0.15, -0.1) is 0 Å². The summed E-state index contributed by atoms with van der Waals surface area (Å²) in [6.45, 7) is 0.